The number of aryl methyl sites for hydroxylation is 1. The largest absolute Gasteiger partial charge is 0.394 e. The summed E-state index contributed by atoms with van der Waals surface area (Å²) in [4.78, 5) is 8.37. The number of aliphatic hydroxyl groups is 1. The van der Waals surface area contributed by atoms with Gasteiger partial charge in [0.25, 0.3) is 0 Å². The molecule has 1 atom stereocenters. The summed E-state index contributed by atoms with van der Waals surface area (Å²) in [6.45, 7) is 1.91. The summed E-state index contributed by atoms with van der Waals surface area (Å²) in [5, 5.41) is 12.5. The number of hydrogen-bond acceptors (Lipinski definition) is 4. The van der Waals surface area contributed by atoms with E-state index < -0.39 is 0 Å². The lowest BCUT2D eigenvalue weighted by atomic mass is 10.1. The predicted molar refractivity (Wildman–Crippen MR) is 66.7 cm³/mol. The third-order valence-corrected chi connectivity index (χ3v) is 2.48. The maximum absolute atomic E-state index is 9.39. The molecule has 17 heavy (non-hydrogen) atoms. The molecule has 0 saturated heterocycles. The van der Waals surface area contributed by atoms with Crippen LogP contribution in [0.5, 0.6) is 0 Å². The van der Waals surface area contributed by atoms with Gasteiger partial charge in [0.2, 0.25) is 5.95 Å². The van der Waals surface area contributed by atoms with Crippen LogP contribution in [-0.2, 0) is 0 Å². The van der Waals surface area contributed by atoms with Gasteiger partial charge in [0, 0.05) is 11.9 Å². The van der Waals surface area contributed by atoms with Gasteiger partial charge in [-0.3, -0.25) is 0 Å². The monoisotopic (exact) mass is 229 g/mol. The van der Waals surface area contributed by atoms with Crippen LogP contribution in [0, 0.1) is 6.92 Å². The van der Waals surface area contributed by atoms with Gasteiger partial charge in [-0.1, -0.05) is 30.3 Å². The van der Waals surface area contributed by atoms with Crippen LogP contribution in [-0.4, -0.2) is 21.7 Å². The van der Waals surface area contributed by atoms with Crippen LogP contribution in [0.3, 0.4) is 0 Å². The molecule has 0 aliphatic carbocycles. The van der Waals surface area contributed by atoms with E-state index in [1.54, 1.807) is 6.20 Å². The van der Waals surface area contributed by atoms with Crippen LogP contribution < -0.4 is 5.32 Å². The van der Waals surface area contributed by atoms with Crippen LogP contribution in [0.15, 0.2) is 42.6 Å². The number of rotatable bonds is 4. The minimum Gasteiger partial charge on any atom is -0.394 e. The van der Waals surface area contributed by atoms with Crippen molar-refractivity contribution < 1.29 is 5.11 Å². The number of nitrogens with zero attached hydrogens (tertiary/aromatic N) is 2. The second kappa shape index (κ2) is 5.41. The summed E-state index contributed by atoms with van der Waals surface area (Å²) in [6.07, 6.45) is 1.70. The zero-order chi connectivity index (χ0) is 12.1. The normalized spacial score (nSPS) is 12.1. The van der Waals surface area contributed by atoms with Gasteiger partial charge < -0.3 is 10.4 Å². The van der Waals surface area contributed by atoms with Crippen LogP contribution in [0.25, 0.3) is 0 Å². The molecule has 0 saturated carbocycles. The van der Waals surface area contributed by atoms with Crippen molar-refractivity contribution in [1.29, 1.82) is 0 Å². The van der Waals surface area contributed by atoms with Crippen LogP contribution in [0.1, 0.15) is 17.3 Å². The Labute approximate surface area is 100 Å². The number of aromatic nitrogens is 2. The third kappa shape index (κ3) is 3.01. The van der Waals surface area contributed by atoms with E-state index >= 15 is 0 Å². The molecule has 2 rings (SSSR count). The molecule has 0 fully saturated rings. The second-order valence-corrected chi connectivity index (χ2v) is 3.81. The first kappa shape index (κ1) is 11.5. The van der Waals surface area contributed by atoms with E-state index in [1.165, 1.54) is 0 Å². The lowest BCUT2D eigenvalue weighted by Crippen LogP contribution is -2.16. The van der Waals surface area contributed by atoms with E-state index in [2.05, 4.69) is 15.3 Å². The van der Waals surface area contributed by atoms with Crippen molar-refractivity contribution >= 4 is 5.95 Å². The standard InChI is InChI=1S/C13H15N3O/c1-10-7-8-14-13(15-10)16-12(9-17)11-5-3-2-4-6-11/h2-8,12,17H,9H2,1H3,(H,14,15,16). The van der Waals surface area contributed by atoms with Gasteiger partial charge in [0.15, 0.2) is 0 Å². The van der Waals surface area contributed by atoms with Gasteiger partial charge in [-0.05, 0) is 18.6 Å². The fourth-order valence-electron chi connectivity index (χ4n) is 1.59. The molecule has 4 nitrogen and oxygen atoms in total. The summed E-state index contributed by atoms with van der Waals surface area (Å²) < 4.78 is 0. The quantitative estimate of drug-likeness (QED) is 0.841. The Balaban J connectivity index is 2.16. The third-order valence-electron chi connectivity index (χ3n) is 2.48. The van der Waals surface area contributed by atoms with Gasteiger partial charge in [-0.2, -0.15) is 0 Å². The molecule has 0 amide bonds. The molecule has 0 bridgehead atoms. The Kier molecular flexibility index (Phi) is 3.67. The van der Waals surface area contributed by atoms with E-state index in [0.717, 1.165) is 11.3 Å². The summed E-state index contributed by atoms with van der Waals surface area (Å²) >= 11 is 0. The van der Waals surface area contributed by atoms with E-state index in [-0.39, 0.29) is 12.6 Å². The predicted octanol–water partition coefficient (Wildman–Crippen LogP) is 1.93. The Morgan fingerprint density at radius 2 is 2.00 bits per heavy atom. The number of benzene rings is 1. The van der Waals surface area contributed by atoms with Crippen molar-refractivity contribution in [2.45, 2.75) is 13.0 Å². The first-order valence-corrected chi connectivity index (χ1v) is 5.51. The molecule has 1 unspecified atom stereocenters. The minimum absolute atomic E-state index is 0.00130. The Morgan fingerprint density at radius 3 is 2.65 bits per heavy atom. The molecule has 0 aliphatic rings. The average Bonchev–Trinajstić information content (AvgIpc) is 2.37. The van der Waals surface area contributed by atoms with E-state index in [0.29, 0.717) is 5.95 Å². The van der Waals surface area contributed by atoms with Gasteiger partial charge in [-0.15, -0.1) is 0 Å². The minimum atomic E-state index is -0.182. The smallest absolute Gasteiger partial charge is 0.223 e. The summed E-state index contributed by atoms with van der Waals surface area (Å²) in [5.74, 6) is 0.535. The molecule has 88 valence electrons. The van der Waals surface area contributed by atoms with Crippen molar-refractivity contribution in [2.24, 2.45) is 0 Å². The van der Waals surface area contributed by atoms with Crippen molar-refractivity contribution in [2.75, 3.05) is 11.9 Å². The number of hydrogen-bond donors (Lipinski definition) is 2. The van der Waals surface area contributed by atoms with Crippen LogP contribution in [0.4, 0.5) is 5.95 Å². The van der Waals surface area contributed by atoms with E-state index in [4.69, 9.17) is 0 Å². The second-order valence-electron chi connectivity index (χ2n) is 3.81. The molecule has 1 aromatic carbocycles. The number of aliphatic hydroxyl groups excluding tert-OH is 1. The van der Waals surface area contributed by atoms with Crippen molar-refractivity contribution in [3.8, 4) is 0 Å². The summed E-state index contributed by atoms with van der Waals surface area (Å²) in [7, 11) is 0. The van der Waals surface area contributed by atoms with Crippen molar-refractivity contribution in [3.05, 3.63) is 53.9 Å². The van der Waals surface area contributed by atoms with Crippen molar-refractivity contribution in [3.63, 3.8) is 0 Å². The molecule has 2 aromatic rings. The maximum atomic E-state index is 9.39. The zero-order valence-corrected chi connectivity index (χ0v) is 9.67. The molecule has 4 heteroatoms. The molecule has 0 spiro atoms. The van der Waals surface area contributed by atoms with E-state index in [9.17, 15) is 5.11 Å². The molecular weight excluding hydrogens is 214 g/mol. The Bertz CT molecular complexity index is 473. The summed E-state index contributed by atoms with van der Waals surface area (Å²) in [6, 6.07) is 11.4. The number of anilines is 1. The molecule has 1 heterocycles. The maximum Gasteiger partial charge on any atom is 0.223 e. The lowest BCUT2D eigenvalue weighted by Gasteiger charge is -2.16. The first-order chi connectivity index (χ1) is 8.29. The Morgan fingerprint density at radius 1 is 1.24 bits per heavy atom. The molecule has 0 aliphatic heterocycles. The topological polar surface area (TPSA) is 58.0 Å². The van der Waals surface area contributed by atoms with Gasteiger partial charge in [0.05, 0.1) is 12.6 Å². The SMILES string of the molecule is Cc1ccnc(NC(CO)c2ccccc2)n1. The van der Waals surface area contributed by atoms with Gasteiger partial charge >= 0.3 is 0 Å². The number of nitrogens with one attached hydrogen (secondary N) is 1. The highest BCUT2D eigenvalue weighted by atomic mass is 16.3. The average molecular weight is 229 g/mol. The highest BCUT2D eigenvalue weighted by Gasteiger charge is 2.10. The molecule has 0 radical (unpaired) electrons. The fourth-order valence-corrected chi connectivity index (χ4v) is 1.59. The Hall–Kier alpha value is -1.94. The zero-order valence-electron chi connectivity index (χ0n) is 9.67. The van der Waals surface area contributed by atoms with E-state index in [1.807, 2.05) is 43.3 Å². The molecule has 1 aromatic heterocycles. The van der Waals surface area contributed by atoms with Crippen molar-refractivity contribution in [1.82, 2.24) is 9.97 Å². The lowest BCUT2D eigenvalue weighted by molar-refractivity contribution is 0.276. The van der Waals surface area contributed by atoms with Crippen LogP contribution in [0.2, 0.25) is 0 Å². The highest BCUT2D eigenvalue weighted by Crippen LogP contribution is 2.16. The molecule has 2 N–H and O–H groups in total. The fraction of sp³-hybridized carbons (Fsp3) is 0.231. The summed E-state index contributed by atoms with van der Waals surface area (Å²) in [5.41, 5.74) is 1.91. The van der Waals surface area contributed by atoms with Crippen LogP contribution >= 0.6 is 0 Å². The van der Waals surface area contributed by atoms with Gasteiger partial charge in [0.1, 0.15) is 0 Å². The van der Waals surface area contributed by atoms with Gasteiger partial charge in [-0.25, -0.2) is 9.97 Å². The highest BCUT2D eigenvalue weighted by molar-refractivity contribution is 5.32. The molecular formula is C13H15N3O. The first-order valence-electron chi connectivity index (χ1n) is 5.51.